The van der Waals surface area contributed by atoms with Gasteiger partial charge in [-0.3, -0.25) is 0 Å². The van der Waals surface area contributed by atoms with E-state index in [1.165, 1.54) is 18.2 Å². The summed E-state index contributed by atoms with van der Waals surface area (Å²) in [6, 6.07) is 3.65. The van der Waals surface area contributed by atoms with Crippen LogP contribution in [-0.2, 0) is 0 Å². The summed E-state index contributed by atoms with van der Waals surface area (Å²) in [4.78, 5) is 0. The van der Waals surface area contributed by atoms with E-state index in [-0.39, 0.29) is 17.6 Å². The highest BCUT2D eigenvalue weighted by Crippen LogP contribution is 2.26. The second-order valence-corrected chi connectivity index (χ2v) is 3.93. The first kappa shape index (κ1) is 10.5. The van der Waals surface area contributed by atoms with Crippen LogP contribution in [0.1, 0.15) is 24.4 Å². The Morgan fingerprint density at radius 3 is 2.53 bits per heavy atom. The Hall–Kier alpha value is -1.00. The summed E-state index contributed by atoms with van der Waals surface area (Å²) in [6.45, 7) is 0.708. The Balaban J connectivity index is 2.28. The topological polar surface area (TPSA) is 38.0 Å². The van der Waals surface area contributed by atoms with E-state index < -0.39 is 11.6 Å². The molecular formula is C11H14F2N2. The molecule has 0 aliphatic carbocycles. The molecule has 1 fully saturated rings. The molecule has 1 heterocycles. The Morgan fingerprint density at radius 2 is 1.93 bits per heavy atom. The lowest BCUT2D eigenvalue weighted by molar-refractivity contribution is 0.351. The smallest absolute Gasteiger partial charge is 0.130 e. The van der Waals surface area contributed by atoms with Crippen LogP contribution in [0.25, 0.3) is 0 Å². The van der Waals surface area contributed by atoms with Crippen LogP contribution in [0.5, 0.6) is 0 Å². The number of nitrogens with two attached hydrogens (primary N) is 1. The predicted molar refractivity (Wildman–Crippen MR) is 54.3 cm³/mol. The molecule has 0 spiro atoms. The maximum absolute atomic E-state index is 13.4. The molecule has 1 aliphatic heterocycles. The number of benzene rings is 1. The van der Waals surface area contributed by atoms with Gasteiger partial charge in [-0.1, -0.05) is 6.07 Å². The van der Waals surface area contributed by atoms with Crippen LogP contribution in [0.2, 0.25) is 0 Å². The molecule has 0 radical (unpaired) electrons. The summed E-state index contributed by atoms with van der Waals surface area (Å²) in [5, 5.41) is 3.09. The van der Waals surface area contributed by atoms with Crippen LogP contribution >= 0.6 is 0 Å². The largest absolute Gasteiger partial charge is 0.328 e. The van der Waals surface area contributed by atoms with E-state index in [9.17, 15) is 8.78 Å². The highest BCUT2D eigenvalue weighted by atomic mass is 19.1. The Labute approximate surface area is 87.5 Å². The summed E-state index contributed by atoms with van der Waals surface area (Å²) in [5.74, 6) is -0.997. The summed E-state index contributed by atoms with van der Waals surface area (Å²) in [5.41, 5.74) is 5.90. The van der Waals surface area contributed by atoms with Crippen molar-refractivity contribution >= 4 is 0 Å². The van der Waals surface area contributed by atoms with Crippen molar-refractivity contribution in [2.45, 2.75) is 24.9 Å². The maximum Gasteiger partial charge on any atom is 0.130 e. The van der Waals surface area contributed by atoms with Crippen LogP contribution in [0.15, 0.2) is 18.2 Å². The summed E-state index contributed by atoms with van der Waals surface area (Å²) >= 11 is 0. The van der Waals surface area contributed by atoms with E-state index >= 15 is 0 Å². The van der Waals surface area contributed by atoms with Crippen LogP contribution in [0.4, 0.5) is 8.78 Å². The number of halogens is 2. The van der Waals surface area contributed by atoms with Crippen molar-refractivity contribution < 1.29 is 8.78 Å². The average molecular weight is 212 g/mol. The molecule has 0 saturated carbocycles. The molecule has 0 unspecified atom stereocenters. The van der Waals surface area contributed by atoms with Crippen molar-refractivity contribution in [3.63, 3.8) is 0 Å². The minimum atomic E-state index is -0.499. The molecule has 1 aromatic rings. The average Bonchev–Trinajstić information content (AvgIpc) is 2.17. The fourth-order valence-corrected chi connectivity index (χ4v) is 2.01. The first-order valence-electron chi connectivity index (χ1n) is 5.11. The molecule has 0 aromatic heterocycles. The SMILES string of the molecule is N[C@@H]1CCN[C@H](c2c(F)cccc2F)C1. The number of hydrogen-bond donors (Lipinski definition) is 2. The third-order valence-corrected chi connectivity index (χ3v) is 2.79. The molecule has 2 rings (SSSR count). The van der Waals surface area contributed by atoms with Crippen LogP contribution in [0.3, 0.4) is 0 Å². The second-order valence-electron chi connectivity index (χ2n) is 3.93. The summed E-state index contributed by atoms with van der Waals surface area (Å²) < 4.78 is 26.9. The van der Waals surface area contributed by atoms with Gasteiger partial charge >= 0.3 is 0 Å². The zero-order chi connectivity index (χ0) is 10.8. The van der Waals surface area contributed by atoms with Crippen molar-refractivity contribution in [3.8, 4) is 0 Å². The molecule has 2 atom stereocenters. The predicted octanol–water partition coefficient (Wildman–Crippen LogP) is 1.72. The fourth-order valence-electron chi connectivity index (χ4n) is 2.01. The molecule has 2 nitrogen and oxygen atoms in total. The van der Waals surface area contributed by atoms with Crippen molar-refractivity contribution in [3.05, 3.63) is 35.4 Å². The fraction of sp³-hybridized carbons (Fsp3) is 0.455. The molecule has 15 heavy (non-hydrogen) atoms. The summed E-state index contributed by atoms with van der Waals surface area (Å²) in [7, 11) is 0. The standard InChI is InChI=1S/C11H14F2N2/c12-8-2-1-3-9(13)11(8)10-6-7(14)4-5-15-10/h1-3,7,10,15H,4-6,14H2/t7-,10+/m1/s1. The van der Waals surface area contributed by atoms with Gasteiger partial charge in [0.1, 0.15) is 11.6 Å². The van der Waals surface area contributed by atoms with Gasteiger partial charge < -0.3 is 11.1 Å². The van der Waals surface area contributed by atoms with Gasteiger partial charge in [-0.2, -0.15) is 0 Å². The zero-order valence-corrected chi connectivity index (χ0v) is 8.34. The van der Waals surface area contributed by atoms with Gasteiger partial charge in [0.2, 0.25) is 0 Å². The molecule has 4 heteroatoms. The highest BCUT2D eigenvalue weighted by molar-refractivity contribution is 5.24. The van der Waals surface area contributed by atoms with Gasteiger partial charge in [-0.15, -0.1) is 0 Å². The Kier molecular flexibility index (Phi) is 2.98. The van der Waals surface area contributed by atoms with Crippen LogP contribution in [-0.4, -0.2) is 12.6 Å². The highest BCUT2D eigenvalue weighted by Gasteiger charge is 2.24. The van der Waals surface area contributed by atoms with Gasteiger partial charge in [0.05, 0.1) is 0 Å². The monoisotopic (exact) mass is 212 g/mol. The van der Waals surface area contributed by atoms with Crippen molar-refractivity contribution in [1.29, 1.82) is 0 Å². The zero-order valence-electron chi connectivity index (χ0n) is 8.34. The van der Waals surface area contributed by atoms with Gasteiger partial charge in [0.15, 0.2) is 0 Å². The van der Waals surface area contributed by atoms with E-state index in [4.69, 9.17) is 5.73 Å². The maximum atomic E-state index is 13.4. The number of piperidine rings is 1. The number of nitrogens with one attached hydrogen (secondary N) is 1. The minimum Gasteiger partial charge on any atom is -0.328 e. The van der Waals surface area contributed by atoms with Gasteiger partial charge in [-0.05, 0) is 31.5 Å². The van der Waals surface area contributed by atoms with Crippen LogP contribution in [0, 0.1) is 11.6 Å². The molecule has 3 N–H and O–H groups in total. The molecular weight excluding hydrogens is 198 g/mol. The molecule has 0 bridgehead atoms. The molecule has 82 valence electrons. The van der Waals surface area contributed by atoms with E-state index in [0.717, 1.165) is 6.42 Å². The number of rotatable bonds is 1. The number of hydrogen-bond acceptors (Lipinski definition) is 2. The van der Waals surface area contributed by atoms with Gasteiger partial charge in [-0.25, -0.2) is 8.78 Å². The Bertz CT molecular complexity index is 334. The summed E-state index contributed by atoms with van der Waals surface area (Å²) in [6.07, 6.45) is 1.43. The normalized spacial score (nSPS) is 26.6. The van der Waals surface area contributed by atoms with E-state index in [2.05, 4.69) is 5.32 Å². The quantitative estimate of drug-likeness (QED) is 0.743. The lowest BCUT2D eigenvalue weighted by Crippen LogP contribution is -2.39. The molecule has 1 aliphatic rings. The first-order valence-corrected chi connectivity index (χ1v) is 5.11. The lowest BCUT2D eigenvalue weighted by atomic mass is 9.94. The van der Waals surface area contributed by atoms with E-state index in [1.807, 2.05) is 0 Å². The Morgan fingerprint density at radius 1 is 1.27 bits per heavy atom. The first-order chi connectivity index (χ1) is 7.18. The molecule has 1 saturated heterocycles. The van der Waals surface area contributed by atoms with Crippen molar-refractivity contribution in [2.75, 3.05) is 6.54 Å². The van der Waals surface area contributed by atoms with E-state index in [1.54, 1.807) is 0 Å². The molecule has 0 amide bonds. The lowest BCUT2D eigenvalue weighted by Gasteiger charge is -2.28. The van der Waals surface area contributed by atoms with Crippen molar-refractivity contribution in [1.82, 2.24) is 5.32 Å². The van der Waals surface area contributed by atoms with Crippen LogP contribution < -0.4 is 11.1 Å². The molecule has 1 aromatic carbocycles. The van der Waals surface area contributed by atoms with Gasteiger partial charge in [0.25, 0.3) is 0 Å². The van der Waals surface area contributed by atoms with Gasteiger partial charge in [0, 0.05) is 17.6 Å². The van der Waals surface area contributed by atoms with E-state index in [0.29, 0.717) is 13.0 Å². The van der Waals surface area contributed by atoms with Crippen molar-refractivity contribution in [2.24, 2.45) is 5.73 Å². The third kappa shape index (κ3) is 2.16. The third-order valence-electron chi connectivity index (χ3n) is 2.79. The minimum absolute atomic E-state index is 0.0234. The second kappa shape index (κ2) is 4.24.